The van der Waals surface area contributed by atoms with E-state index in [1.54, 1.807) is 4.68 Å². The molecule has 0 bridgehead atoms. The molecule has 3 aromatic rings. The molecule has 122 valence electrons. The van der Waals surface area contributed by atoms with Gasteiger partial charge in [-0.25, -0.2) is 9.67 Å². The second-order valence-electron chi connectivity index (χ2n) is 4.96. The molecule has 0 unspecified atom stereocenters. The van der Waals surface area contributed by atoms with Crippen molar-refractivity contribution >= 4 is 17.5 Å². The molecule has 0 saturated carbocycles. The highest BCUT2D eigenvalue weighted by molar-refractivity contribution is 6.04. The molecule has 1 aromatic carbocycles. The highest BCUT2D eigenvalue weighted by Gasteiger charge is 2.26. The van der Waals surface area contributed by atoms with Crippen LogP contribution in [0.15, 0.2) is 42.9 Å². The van der Waals surface area contributed by atoms with Gasteiger partial charge in [0, 0.05) is 7.05 Å². The molecular formula is C14H13N7O3. The summed E-state index contributed by atoms with van der Waals surface area (Å²) in [7, 11) is 1.45. The molecule has 10 heteroatoms. The SMILES string of the molecule is Cn1ncc([N+](=O)[O-])c1C(=O)Nc1ncn(Cc2ccccc2)n1. The van der Waals surface area contributed by atoms with Crippen molar-refractivity contribution in [3.8, 4) is 0 Å². The molecule has 0 aliphatic carbocycles. The van der Waals surface area contributed by atoms with Crippen LogP contribution >= 0.6 is 0 Å². The van der Waals surface area contributed by atoms with Crippen molar-refractivity contribution in [3.63, 3.8) is 0 Å². The standard InChI is InChI=1S/C14H13N7O3/c1-19-12(11(7-16-19)21(23)24)13(22)17-14-15-9-20(18-14)8-10-5-3-2-4-6-10/h2-7,9H,8H2,1H3,(H,17,18,22). The Morgan fingerprint density at radius 2 is 2.08 bits per heavy atom. The van der Waals surface area contributed by atoms with E-state index in [-0.39, 0.29) is 17.3 Å². The van der Waals surface area contributed by atoms with Gasteiger partial charge in [0.1, 0.15) is 12.5 Å². The minimum absolute atomic E-state index is 0.0615. The van der Waals surface area contributed by atoms with Crippen molar-refractivity contribution in [2.24, 2.45) is 7.05 Å². The lowest BCUT2D eigenvalue weighted by Gasteiger charge is -2.02. The molecule has 0 spiro atoms. The van der Waals surface area contributed by atoms with Gasteiger partial charge in [-0.05, 0) is 5.56 Å². The number of hydrogen-bond acceptors (Lipinski definition) is 6. The minimum Gasteiger partial charge on any atom is -0.288 e. The predicted molar refractivity (Wildman–Crippen MR) is 83.4 cm³/mol. The van der Waals surface area contributed by atoms with Crippen LogP contribution in [0.1, 0.15) is 16.1 Å². The van der Waals surface area contributed by atoms with Crippen molar-refractivity contribution in [2.75, 3.05) is 5.32 Å². The molecular weight excluding hydrogens is 314 g/mol. The van der Waals surface area contributed by atoms with E-state index >= 15 is 0 Å². The molecule has 0 aliphatic rings. The summed E-state index contributed by atoms with van der Waals surface area (Å²) < 4.78 is 2.69. The maximum atomic E-state index is 12.2. The molecule has 0 atom stereocenters. The average molecular weight is 327 g/mol. The summed E-state index contributed by atoms with van der Waals surface area (Å²) >= 11 is 0. The number of nitrogens with one attached hydrogen (secondary N) is 1. The van der Waals surface area contributed by atoms with Gasteiger partial charge in [-0.3, -0.25) is 24.9 Å². The molecule has 24 heavy (non-hydrogen) atoms. The third kappa shape index (κ3) is 3.11. The Bertz CT molecular complexity index is 885. The van der Waals surface area contributed by atoms with Gasteiger partial charge in [0.05, 0.1) is 11.5 Å². The number of rotatable bonds is 5. The summed E-state index contributed by atoms with van der Waals surface area (Å²) in [4.78, 5) is 26.5. The summed E-state index contributed by atoms with van der Waals surface area (Å²) in [6.45, 7) is 0.496. The van der Waals surface area contributed by atoms with Crippen LogP contribution in [-0.2, 0) is 13.6 Å². The number of aryl methyl sites for hydroxylation is 1. The first-order valence-corrected chi connectivity index (χ1v) is 6.95. The molecule has 1 amide bonds. The Morgan fingerprint density at radius 3 is 2.79 bits per heavy atom. The van der Waals surface area contributed by atoms with E-state index in [1.165, 1.54) is 13.4 Å². The zero-order valence-corrected chi connectivity index (χ0v) is 12.7. The van der Waals surface area contributed by atoms with E-state index in [0.717, 1.165) is 16.4 Å². The van der Waals surface area contributed by atoms with Gasteiger partial charge in [-0.2, -0.15) is 5.10 Å². The fraction of sp³-hybridized carbons (Fsp3) is 0.143. The number of nitro groups is 1. The second kappa shape index (κ2) is 6.28. The molecule has 10 nitrogen and oxygen atoms in total. The van der Waals surface area contributed by atoms with Crippen molar-refractivity contribution < 1.29 is 9.72 Å². The largest absolute Gasteiger partial charge is 0.320 e. The van der Waals surface area contributed by atoms with E-state index in [0.29, 0.717) is 6.54 Å². The second-order valence-corrected chi connectivity index (χ2v) is 4.96. The maximum absolute atomic E-state index is 12.2. The van der Waals surface area contributed by atoms with Crippen molar-refractivity contribution in [1.82, 2.24) is 24.5 Å². The van der Waals surface area contributed by atoms with Crippen molar-refractivity contribution in [3.05, 3.63) is 64.2 Å². The Kier molecular flexibility index (Phi) is 4.01. The summed E-state index contributed by atoms with van der Waals surface area (Å²) in [6.07, 6.45) is 2.50. The first kappa shape index (κ1) is 15.3. The van der Waals surface area contributed by atoms with Gasteiger partial charge in [0.15, 0.2) is 0 Å². The maximum Gasteiger partial charge on any atom is 0.320 e. The van der Waals surface area contributed by atoms with Crippen LogP contribution in [0.5, 0.6) is 0 Å². The Hall–Kier alpha value is -3.56. The van der Waals surface area contributed by atoms with Crippen LogP contribution < -0.4 is 5.32 Å². The molecule has 0 fully saturated rings. The molecule has 2 aromatic heterocycles. The van der Waals surface area contributed by atoms with Gasteiger partial charge >= 0.3 is 5.69 Å². The summed E-state index contributed by atoms with van der Waals surface area (Å²) in [5, 5.41) is 21.2. The molecule has 0 saturated heterocycles. The van der Waals surface area contributed by atoms with E-state index in [9.17, 15) is 14.9 Å². The predicted octanol–water partition coefficient (Wildman–Crippen LogP) is 1.22. The zero-order chi connectivity index (χ0) is 17.1. The van der Waals surface area contributed by atoms with Gasteiger partial charge in [-0.15, -0.1) is 5.10 Å². The highest BCUT2D eigenvalue weighted by atomic mass is 16.6. The minimum atomic E-state index is -0.695. The number of benzene rings is 1. The molecule has 0 aliphatic heterocycles. The lowest BCUT2D eigenvalue weighted by molar-refractivity contribution is -0.385. The number of carbonyl (C=O) groups excluding carboxylic acids is 1. The average Bonchev–Trinajstić information content (AvgIpc) is 3.15. The lowest BCUT2D eigenvalue weighted by atomic mass is 10.2. The molecule has 1 N–H and O–H groups in total. The molecule has 0 radical (unpaired) electrons. The normalized spacial score (nSPS) is 10.5. The van der Waals surface area contributed by atoms with E-state index in [4.69, 9.17) is 0 Å². The molecule has 3 rings (SSSR count). The third-order valence-electron chi connectivity index (χ3n) is 3.28. The van der Waals surface area contributed by atoms with Gasteiger partial charge in [-0.1, -0.05) is 30.3 Å². The van der Waals surface area contributed by atoms with E-state index in [1.807, 2.05) is 30.3 Å². The lowest BCUT2D eigenvalue weighted by Crippen LogP contribution is -2.18. The number of anilines is 1. The van der Waals surface area contributed by atoms with Crippen LogP contribution in [0.2, 0.25) is 0 Å². The smallest absolute Gasteiger partial charge is 0.288 e. The number of amides is 1. The van der Waals surface area contributed by atoms with Crippen LogP contribution in [0.25, 0.3) is 0 Å². The first-order valence-electron chi connectivity index (χ1n) is 6.95. The van der Waals surface area contributed by atoms with Gasteiger partial charge in [0.25, 0.3) is 5.91 Å². The number of carbonyl (C=O) groups is 1. The fourth-order valence-electron chi connectivity index (χ4n) is 2.18. The Balaban J connectivity index is 1.74. The van der Waals surface area contributed by atoms with Crippen LogP contribution in [0, 0.1) is 10.1 Å². The molecule has 2 heterocycles. The summed E-state index contributed by atoms with van der Waals surface area (Å²) in [5.74, 6) is -0.634. The number of nitrogens with zero attached hydrogens (tertiary/aromatic N) is 6. The van der Waals surface area contributed by atoms with Gasteiger partial charge < -0.3 is 0 Å². The topological polar surface area (TPSA) is 121 Å². The van der Waals surface area contributed by atoms with E-state index in [2.05, 4.69) is 20.5 Å². The number of aromatic nitrogens is 5. The number of hydrogen-bond donors (Lipinski definition) is 1. The fourth-order valence-corrected chi connectivity index (χ4v) is 2.18. The first-order chi connectivity index (χ1) is 11.5. The Morgan fingerprint density at radius 1 is 1.33 bits per heavy atom. The summed E-state index contributed by atoms with van der Waals surface area (Å²) in [5.41, 5.74) is 0.487. The van der Waals surface area contributed by atoms with E-state index < -0.39 is 10.8 Å². The quantitative estimate of drug-likeness (QED) is 0.555. The third-order valence-corrected chi connectivity index (χ3v) is 3.28. The highest BCUT2D eigenvalue weighted by Crippen LogP contribution is 2.17. The zero-order valence-electron chi connectivity index (χ0n) is 12.7. The Labute approximate surface area is 135 Å². The van der Waals surface area contributed by atoms with Crippen LogP contribution in [0.3, 0.4) is 0 Å². The van der Waals surface area contributed by atoms with Crippen molar-refractivity contribution in [1.29, 1.82) is 0 Å². The monoisotopic (exact) mass is 327 g/mol. The van der Waals surface area contributed by atoms with Crippen LogP contribution in [-0.4, -0.2) is 35.4 Å². The van der Waals surface area contributed by atoms with Crippen molar-refractivity contribution in [2.45, 2.75) is 6.54 Å². The van der Waals surface area contributed by atoms with Gasteiger partial charge in [0.2, 0.25) is 11.6 Å². The summed E-state index contributed by atoms with van der Waals surface area (Å²) in [6, 6.07) is 9.63. The van der Waals surface area contributed by atoms with Crippen LogP contribution in [0.4, 0.5) is 11.6 Å².